The van der Waals surface area contributed by atoms with Crippen LogP contribution in [0.3, 0.4) is 0 Å². The summed E-state index contributed by atoms with van der Waals surface area (Å²) in [5.41, 5.74) is 0.392. The van der Waals surface area contributed by atoms with Crippen LogP contribution in [-0.2, 0) is 23.9 Å². The molecule has 1 N–H and O–H groups in total. The van der Waals surface area contributed by atoms with Crippen molar-refractivity contribution in [1.82, 2.24) is 4.90 Å². The second kappa shape index (κ2) is 8.93. The first-order valence-electron chi connectivity index (χ1n) is 9.47. The number of esters is 1. The molecule has 9 nitrogen and oxygen atoms in total. The molecule has 1 aliphatic carbocycles. The summed E-state index contributed by atoms with van der Waals surface area (Å²) in [6, 6.07) is 4.85. The van der Waals surface area contributed by atoms with Gasteiger partial charge < -0.3 is 19.5 Å². The summed E-state index contributed by atoms with van der Waals surface area (Å²) in [6.45, 7) is -1.01. The van der Waals surface area contributed by atoms with E-state index in [1.54, 1.807) is 18.2 Å². The van der Waals surface area contributed by atoms with Gasteiger partial charge in [-0.15, -0.1) is 0 Å². The van der Waals surface area contributed by atoms with Gasteiger partial charge in [0.25, 0.3) is 5.91 Å². The number of rotatable bonds is 7. The van der Waals surface area contributed by atoms with E-state index >= 15 is 0 Å². The number of methoxy groups -OCH3 is 2. The van der Waals surface area contributed by atoms with Crippen molar-refractivity contribution in [2.45, 2.75) is 25.7 Å². The predicted octanol–water partition coefficient (Wildman–Crippen LogP) is 1.36. The average molecular weight is 404 g/mol. The number of fused-ring (bicyclic) bond motifs is 1. The molecule has 3 rings (SSSR count). The second-order valence-corrected chi connectivity index (χ2v) is 7.04. The Hall–Kier alpha value is -3.10. The van der Waals surface area contributed by atoms with E-state index in [0.717, 1.165) is 17.7 Å². The molecule has 3 amide bonds. The third-order valence-electron chi connectivity index (χ3n) is 5.27. The number of benzene rings is 1. The SMILES string of the molecule is COc1ccc(NC(=O)COC(=O)CN2C(=O)[C@H]3CCCC[C@H]3C2=O)c(OC)c1. The number of carbonyl (C=O) groups is 4. The van der Waals surface area contributed by atoms with Crippen molar-refractivity contribution < 1.29 is 33.4 Å². The number of nitrogens with one attached hydrogen (secondary N) is 1. The Balaban J connectivity index is 1.51. The molecule has 29 heavy (non-hydrogen) atoms. The van der Waals surface area contributed by atoms with Crippen LogP contribution < -0.4 is 14.8 Å². The number of amides is 3. The first-order valence-corrected chi connectivity index (χ1v) is 9.47. The summed E-state index contributed by atoms with van der Waals surface area (Å²) in [7, 11) is 2.96. The molecule has 0 spiro atoms. The van der Waals surface area contributed by atoms with Gasteiger partial charge in [-0.3, -0.25) is 24.1 Å². The first kappa shape index (κ1) is 20.6. The molecular weight excluding hydrogens is 380 g/mol. The van der Waals surface area contributed by atoms with Gasteiger partial charge in [0.1, 0.15) is 18.0 Å². The predicted molar refractivity (Wildman–Crippen MR) is 101 cm³/mol. The lowest BCUT2D eigenvalue weighted by Gasteiger charge is -2.19. The van der Waals surface area contributed by atoms with Gasteiger partial charge in [0.05, 0.1) is 31.7 Å². The molecule has 1 saturated heterocycles. The van der Waals surface area contributed by atoms with Crippen LogP contribution >= 0.6 is 0 Å². The minimum absolute atomic E-state index is 0.316. The van der Waals surface area contributed by atoms with E-state index < -0.39 is 25.0 Å². The van der Waals surface area contributed by atoms with Crippen molar-refractivity contribution in [2.24, 2.45) is 11.8 Å². The third kappa shape index (κ3) is 4.49. The Morgan fingerprint density at radius 2 is 1.72 bits per heavy atom. The monoisotopic (exact) mass is 404 g/mol. The van der Waals surface area contributed by atoms with Crippen LogP contribution in [-0.4, -0.2) is 56.0 Å². The Labute approximate surface area is 168 Å². The standard InChI is InChI=1S/C20H24N2O7/c1-27-12-7-8-15(16(9-12)28-2)21-17(23)11-29-18(24)10-22-19(25)13-5-3-4-6-14(13)20(22)26/h7-9,13-14H,3-6,10-11H2,1-2H3,(H,21,23)/t13-,14+. The summed E-state index contributed by atoms with van der Waals surface area (Å²) in [5, 5.41) is 2.58. The second-order valence-electron chi connectivity index (χ2n) is 7.04. The average Bonchev–Trinajstić information content (AvgIpc) is 2.97. The van der Waals surface area contributed by atoms with Gasteiger partial charge in [-0.25, -0.2) is 0 Å². The van der Waals surface area contributed by atoms with Crippen LogP contribution in [0.25, 0.3) is 0 Å². The van der Waals surface area contributed by atoms with E-state index in [4.69, 9.17) is 14.2 Å². The van der Waals surface area contributed by atoms with E-state index in [0.29, 0.717) is 30.0 Å². The van der Waals surface area contributed by atoms with Crippen molar-refractivity contribution in [3.8, 4) is 11.5 Å². The number of carbonyl (C=O) groups excluding carboxylic acids is 4. The fraction of sp³-hybridized carbons (Fsp3) is 0.500. The molecule has 0 aromatic heterocycles. The maximum Gasteiger partial charge on any atom is 0.326 e. The van der Waals surface area contributed by atoms with Gasteiger partial charge in [0.15, 0.2) is 6.61 Å². The Kier molecular flexibility index (Phi) is 6.36. The van der Waals surface area contributed by atoms with E-state index in [-0.39, 0.29) is 23.7 Å². The number of imide groups is 1. The van der Waals surface area contributed by atoms with E-state index in [1.807, 2.05) is 0 Å². The first-order chi connectivity index (χ1) is 13.9. The quantitative estimate of drug-likeness (QED) is 0.539. The topological polar surface area (TPSA) is 111 Å². The number of ether oxygens (including phenoxy) is 3. The van der Waals surface area contributed by atoms with Gasteiger partial charge in [-0.2, -0.15) is 0 Å². The van der Waals surface area contributed by atoms with Gasteiger partial charge in [-0.1, -0.05) is 12.8 Å². The normalized spacial score (nSPS) is 20.8. The molecule has 1 saturated carbocycles. The van der Waals surface area contributed by atoms with Gasteiger partial charge >= 0.3 is 5.97 Å². The van der Waals surface area contributed by atoms with E-state index in [1.165, 1.54) is 14.2 Å². The Morgan fingerprint density at radius 1 is 1.07 bits per heavy atom. The molecule has 2 fully saturated rings. The zero-order chi connectivity index (χ0) is 21.0. The zero-order valence-electron chi connectivity index (χ0n) is 16.4. The highest BCUT2D eigenvalue weighted by molar-refractivity contribution is 6.07. The molecule has 1 aromatic carbocycles. The number of likely N-dealkylation sites (tertiary alicyclic amines) is 1. The highest BCUT2D eigenvalue weighted by atomic mass is 16.5. The van der Waals surface area contributed by atoms with Crippen LogP contribution in [0.5, 0.6) is 11.5 Å². The molecule has 1 aliphatic heterocycles. The summed E-state index contributed by atoms with van der Waals surface area (Å²) >= 11 is 0. The van der Waals surface area contributed by atoms with Crippen LogP contribution in [0.4, 0.5) is 5.69 Å². The zero-order valence-corrected chi connectivity index (χ0v) is 16.4. The molecule has 0 bridgehead atoms. The molecule has 0 unspecified atom stereocenters. The van der Waals surface area contributed by atoms with Crippen LogP contribution in [0.2, 0.25) is 0 Å². The minimum Gasteiger partial charge on any atom is -0.497 e. The van der Waals surface area contributed by atoms with Crippen molar-refractivity contribution in [3.05, 3.63) is 18.2 Å². The van der Waals surface area contributed by atoms with Gasteiger partial charge in [-0.05, 0) is 25.0 Å². The van der Waals surface area contributed by atoms with Crippen LogP contribution in [0, 0.1) is 11.8 Å². The van der Waals surface area contributed by atoms with Crippen molar-refractivity contribution in [2.75, 3.05) is 32.7 Å². The molecular formula is C20H24N2O7. The summed E-state index contributed by atoms with van der Waals surface area (Å²) < 4.78 is 15.2. The lowest BCUT2D eigenvalue weighted by atomic mass is 9.81. The fourth-order valence-corrected chi connectivity index (χ4v) is 3.80. The lowest BCUT2D eigenvalue weighted by molar-refractivity contribution is -0.154. The van der Waals surface area contributed by atoms with E-state index in [9.17, 15) is 19.2 Å². The number of hydrogen-bond acceptors (Lipinski definition) is 7. The minimum atomic E-state index is -0.804. The molecule has 156 valence electrons. The lowest BCUT2D eigenvalue weighted by Crippen LogP contribution is -2.37. The van der Waals surface area contributed by atoms with Crippen LogP contribution in [0.1, 0.15) is 25.7 Å². The maximum atomic E-state index is 12.4. The molecule has 9 heteroatoms. The van der Waals surface area contributed by atoms with Crippen LogP contribution in [0.15, 0.2) is 18.2 Å². The molecule has 0 radical (unpaired) electrons. The Morgan fingerprint density at radius 3 is 2.31 bits per heavy atom. The molecule has 1 aromatic rings. The van der Waals surface area contributed by atoms with E-state index in [2.05, 4.69) is 5.32 Å². The summed E-state index contributed by atoms with van der Waals surface area (Å²) in [5.74, 6) is -1.71. The summed E-state index contributed by atoms with van der Waals surface area (Å²) in [6.07, 6.45) is 3.17. The largest absolute Gasteiger partial charge is 0.497 e. The van der Waals surface area contributed by atoms with Crippen molar-refractivity contribution in [3.63, 3.8) is 0 Å². The molecule has 2 atom stereocenters. The highest BCUT2D eigenvalue weighted by Gasteiger charge is 2.48. The van der Waals surface area contributed by atoms with Crippen molar-refractivity contribution in [1.29, 1.82) is 0 Å². The number of hydrogen-bond donors (Lipinski definition) is 1. The number of nitrogens with zero attached hydrogens (tertiary/aromatic N) is 1. The number of anilines is 1. The van der Waals surface area contributed by atoms with Gasteiger partial charge in [0, 0.05) is 6.07 Å². The third-order valence-corrected chi connectivity index (χ3v) is 5.27. The maximum absolute atomic E-state index is 12.4. The highest BCUT2D eigenvalue weighted by Crippen LogP contribution is 2.37. The molecule has 2 aliphatic rings. The summed E-state index contributed by atoms with van der Waals surface area (Å²) in [4.78, 5) is 49.9. The molecule has 1 heterocycles. The smallest absolute Gasteiger partial charge is 0.326 e. The van der Waals surface area contributed by atoms with Gasteiger partial charge in [0.2, 0.25) is 11.8 Å². The fourth-order valence-electron chi connectivity index (χ4n) is 3.80. The Bertz CT molecular complexity index is 799. The van der Waals surface area contributed by atoms with Crippen molar-refractivity contribution >= 4 is 29.4 Å².